The number of aliphatic hydroxyl groups is 3. The Morgan fingerprint density at radius 1 is 0.955 bits per heavy atom. The van der Waals surface area contributed by atoms with Crippen LogP contribution in [0.15, 0.2) is 12.2 Å². The molecule has 0 amide bonds. The summed E-state index contributed by atoms with van der Waals surface area (Å²) in [5.41, 5.74) is -1.14. The zero-order valence-corrected chi connectivity index (χ0v) is 13.8. The topological polar surface area (TPSA) is 87.0 Å². The van der Waals surface area contributed by atoms with Gasteiger partial charge in [0.2, 0.25) is 0 Å². The molecule has 0 aromatic carbocycles. The first-order valence-electron chi connectivity index (χ1n) is 8.27. The van der Waals surface area contributed by atoms with Gasteiger partial charge in [-0.3, -0.25) is 4.79 Å². The van der Waals surface area contributed by atoms with E-state index in [1.54, 1.807) is 0 Å². The Morgan fingerprint density at radius 2 is 1.55 bits per heavy atom. The summed E-state index contributed by atoms with van der Waals surface area (Å²) >= 11 is 0. The molecule has 0 aliphatic carbocycles. The van der Waals surface area contributed by atoms with Gasteiger partial charge in [0.05, 0.1) is 25.2 Å². The number of ether oxygens (including phenoxy) is 1. The van der Waals surface area contributed by atoms with Crippen LogP contribution in [0.2, 0.25) is 0 Å². The highest BCUT2D eigenvalue weighted by Gasteiger charge is 2.29. The van der Waals surface area contributed by atoms with E-state index in [1.165, 1.54) is 12.8 Å². The molecular formula is C17H32O5. The van der Waals surface area contributed by atoms with E-state index in [4.69, 9.17) is 20.1 Å². The maximum Gasteiger partial charge on any atom is 0.305 e. The molecule has 0 bridgehead atoms. The van der Waals surface area contributed by atoms with Gasteiger partial charge < -0.3 is 20.1 Å². The molecule has 0 unspecified atom stereocenters. The molecule has 130 valence electrons. The van der Waals surface area contributed by atoms with Crippen molar-refractivity contribution in [3.05, 3.63) is 12.2 Å². The second kappa shape index (κ2) is 13.7. The second-order valence-corrected chi connectivity index (χ2v) is 5.82. The van der Waals surface area contributed by atoms with Crippen molar-refractivity contribution in [2.24, 2.45) is 5.41 Å². The third-order valence-electron chi connectivity index (χ3n) is 3.70. The molecule has 0 saturated heterocycles. The predicted octanol–water partition coefficient (Wildman–Crippen LogP) is 2.19. The monoisotopic (exact) mass is 316 g/mol. The summed E-state index contributed by atoms with van der Waals surface area (Å²) in [6.45, 7) is 0.722. The largest absolute Gasteiger partial charge is 0.465 e. The number of rotatable bonds is 14. The van der Waals surface area contributed by atoms with Crippen molar-refractivity contribution in [2.75, 3.05) is 26.4 Å². The van der Waals surface area contributed by atoms with Crippen LogP contribution < -0.4 is 0 Å². The standard InChI is InChI=1S/C17H32O5/c1-2-3-4-5-6-7-8-9-10-11-16(21)22-15-17(12-18,13-19)14-20/h3-4,18-20H,2,5-15H2,1H3. The molecule has 0 radical (unpaired) electrons. The first-order valence-corrected chi connectivity index (χ1v) is 8.27. The van der Waals surface area contributed by atoms with Crippen molar-refractivity contribution in [1.29, 1.82) is 0 Å². The van der Waals surface area contributed by atoms with Gasteiger partial charge in [-0.2, -0.15) is 0 Å². The van der Waals surface area contributed by atoms with E-state index in [-0.39, 0.29) is 12.6 Å². The van der Waals surface area contributed by atoms with Crippen LogP contribution in [0.5, 0.6) is 0 Å². The van der Waals surface area contributed by atoms with E-state index < -0.39 is 25.2 Å². The smallest absolute Gasteiger partial charge is 0.305 e. The van der Waals surface area contributed by atoms with Gasteiger partial charge in [-0.25, -0.2) is 0 Å². The van der Waals surface area contributed by atoms with E-state index >= 15 is 0 Å². The third kappa shape index (κ3) is 9.92. The lowest BCUT2D eigenvalue weighted by atomic mass is 9.93. The number of allylic oxidation sites excluding steroid dienone is 2. The van der Waals surface area contributed by atoms with Crippen LogP contribution in [0.4, 0.5) is 0 Å². The molecule has 0 heterocycles. The zero-order chi connectivity index (χ0) is 16.7. The SMILES string of the molecule is CCC=CCCCCCCCC(=O)OCC(CO)(CO)CO. The fraction of sp³-hybridized carbons (Fsp3) is 0.824. The summed E-state index contributed by atoms with van der Waals surface area (Å²) in [6, 6.07) is 0. The van der Waals surface area contributed by atoms with Crippen LogP contribution in [-0.4, -0.2) is 47.7 Å². The Kier molecular flexibility index (Phi) is 13.2. The number of aliphatic hydroxyl groups excluding tert-OH is 3. The molecule has 0 aliphatic heterocycles. The molecule has 0 fully saturated rings. The van der Waals surface area contributed by atoms with Crippen molar-refractivity contribution in [2.45, 2.75) is 58.3 Å². The highest BCUT2D eigenvalue weighted by Crippen LogP contribution is 2.16. The average molecular weight is 316 g/mol. The summed E-state index contributed by atoms with van der Waals surface area (Å²) in [6.07, 6.45) is 12.2. The van der Waals surface area contributed by atoms with Crippen LogP contribution in [0.1, 0.15) is 58.3 Å². The summed E-state index contributed by atoms with van der Waals surface area (Å²) in [4.78, 5) is 11.6. The van der Waals surface area contributed by atoms with E-state index in [9.17, 15) is 4.79 Å². The predicted molar refractivity (Wildman–Crippen MR) is 86.4 cm³/mol. The lowest BCUT2D eigenvalue weighted by Crippen LogP contribution is -2.39. The van der Waals surface area contributed by atoms with Gasteiger partial charge in [0.15, 0.2) is 0 Å². The molecule has 0 rings (SSSR count). The van der Waals surface area contributed by atoms with Crippen molar-refractivity contribution in [3.63, 3.8) is 0 Å². The minimum Gasteiger partial charge on any atom is -0.465 e. The molecule has 0 aromatic rings. The normalized spacial score (nSPS) is 12.0. The quantitative estimate of drug-likeness (QED) is 0.260. The van der Waals surface area contributed by atoms with Crippen molar-refractivity contribution in [1.82, 2.24) is 0 Å². The Morgan fingerprint density at radius 3 is 2.14 bits per heavy atom. The maximum absolute atomic E-state index is 11.6. The maximum atomic E-state index is 11.6. The molecule has 0 aromatic heterocycles. The van der Waals surface area contributed by atoms with E-state index in [1.807, 2.05) is 0 Å². The Balaban J connectivity index is 3.60. The lowest BCUT2D eigenvalue weighted by Gasteiger charge is -2.26. The van der Waals surface area contributed by atoms with Crippen LogP contribution in [0.3, 0.4) is 0 Å². The molecule has 0 spiro atoms. The molecule has 0 saturated carbocycles. The molecule has 3 N–H and O–H groups in total. The summed E-state index contributed by atoms with van der Waals surface area (Å²) in [5, 5.41) is 27.4. The fourth-order valence-electron chi connectivity index (χ4n) is 1.94. The van der Waals surface area contributed by atoms with Gasteiger partial charge in [0, 0.05) is 6.42 Å². The van der Waals surface area contributed by atoms with Gasteiger partial charge >= 0.3 is 5.97 Å². The number of esters is 1. The van der Waals surface area contributed by atoms with Crippen LogP contribution in [0, 0.1) is 5.41 Å². The number of hydrogen-bond donors (Lipinski definition) is 3. The number of carbonyl (C=O) groups is 1. The number of carbonyl (C=O) groups excluding carboxylic acids is 1. The Bertz CT molecular complexity index is 289. The summed E-state index contributed by atoms with van der Waals surface area (Å²) < 4.78 is 5.02. The molecule has 0 atom stereocenters. The molecule has 0 aliphatic rings. The fourth-order valence-corrected chi connectivity index (χ4v) is 1.94. The second-order valence-electron chi connectivity index (χ2n) is 5.82. The molecular weight excluding hydrogens is 284 g/mol. The minimum absolute atomic E-state index is 0.154. The first-order chi connectivity index (χ1) is 10.6. The van der Waals surface area contributed by atoms with Crippen molar-refractivity contribution < 1.29 is 24.9 Å². The van der Waals surface area contributed by atoms with Crippen LogP contribution >= 0.6 is 0 Å². The molecule has 5 heteroatoms. The van der Waals surface area contributed by atoms with E-state index in [0.717, 1.165) is 32.1 Å². The highest BCUT2D eigenvalue weighted by atomic mass is 16.5. The van der Waals surface area contributed by atoms with Gasteiger partial charge in [-0.05, 0) is 25.7 Å². The molecule has 22 heavy (non-hydrogen) atoms. The van der Waals surface area contributed by atoms with E-state index in [0.29, 0.717) is 6.42 Å². The average Bonchev–Trinajstić information content (AvgIpc) is 2.55. The lowest BCUT2D eigenvalue weighted by molar-refractivity contribution is -0.151. The van der Waals surface area contributed by atoms with Crippen molar-refractivity contribution >= 4 is 5.97 Å². The van der Waals surface area contributed by atoms with Gasteiger partial charge in [0.1, 0.15) is 6.61 Å². The summed E-state index contributed by atoms with van der Waals surface area (Å²) in [5.74, 6) is -0.342. The number of hydrogen-bond acceptors (Lipinski definition) is 5. The first kappa shape index (κ1) is 21.1. The van der Waals surface area contributed by atoms with Crippen LogP contribution in [0.25, 0.3) is 0 Å². The van der Waals surface area contributed by atoms with Gasteiger partial charge in [0.25, 0.3) is 0 Å². The summed E-state index contributed by atoms with van der Waals surface area (Å²) in [7, 11) is 0. The Hall–Kier alpha value is -0.910. The van der Waals surface area contributed by atoms with Crippen LogP contribution in [-0.2, 0) is 9.53 Å². The zero-order valence-electron chi connectivity index (χ0n) is 13.8. The van der Waals surface area contributed by atoms with E-state index in [2.05, 4.69) is 19.1 Å². The third-order valence-corrected chi connectivity index (χ3v) is 3.70. The van der Waals surface area contributed by atoms with Gasteiger partial charge in [-0.1, -0.05) is 38.3 Å². The van der Waals surface area contributed by atoms with Crippen molar-refractivity contribution in [3.8, 4) is 0 Å². The Labute approximate surface area is 134 Å². The number of unbranched alkanes of at least 4 members (excludes halogenated alkanes) is 5. The molecule has 5 nitrogen and oxygen atoms in total. The highest BCUT2D eigenvalue weighted by molar-refractivity contribution is 5.69. The van der Waals surface area contributed by atoms with Gasteiger partial charge in [-0.15, -0.1) is 0 Å². The minimum atomic E-state index is -1.14.